The van der Waals surface area contributed by atoms with E-state index in [2.05, 4.69) is 72.0 Å². The summed E-state index contributed by atoms with van der Waals surface area (Å²) in [5.74, 6) is -0.727. The Labute approximate surface area is 374 Å². The second-order valence-electron chi connectivity index (χ2n) is 16.5. The molecule has 1 heterocycles. The number of carbonyl (C=O) groups is 1. The van der Waals surface area contributed by atoms with E-state index in [4.69, 9.17) is 9.47 Å². The molecule has 0 aliphatic carbocycles. The summed E-state index contributed by atoms with van der Waals surface area (Å²) in [6.07, 6.45) is 35.8. The Balaban J connectivity index is 2.63. The number of rotatable bonds is 39. The highest BCUT2D eigenvalue weighted by Gasteiger charge is 2.48. The Morgan fingerprint density at radius 1 is 0.661 bits per heavy atom. The summed E-state index contributed by atoms with van der Waals surface area (Å²) in [4.78, 5) is 13.1. The number of hydrogen-bond acceptors (Lipinski definition) is 11. The standard InChI is InChI=1S/C48H85NO12S/c1-3-5-7-9-11-13-15-17-19-21-23-24-26-28-30-32-34-36-41(51)40(39-59-48-45(54)46(61-62(56,57)58)44(53)43(38-50)60-48)49-47(55)42(52)37-35-33-31-29-27-25-22-20-18-16-14-12-10-8-6-4-2/h12,14,18-21,26,28,34,36,40-46,48,50-54H,3-11,13,15-17,22-25,27,29-33,35,37-39H2,1-2H3,(H,49,55)(H,56,57,58)/b14-12-,20-18-,21-19+,28-26+,36-34+. The van der Waals surface area contributed by atoms with Gasteiger partial charge in [-0.05, 0) is 77.0 Å². The average molecular weight is 900 g/mol. The van der Waals surface area contributed by atoms with Crippen LogP contribution in [-0.4, -0.2) is 107 Å². The number of aliphatic hydroxyl groups excluding tert-OH is 5. The van der Waals surface area contributed by atoms with Crippen LogP contribution in [-0.2, 0) is 28.9 Å². The monoisotopic (exact) mass is 900 g/mol. The molecule has 0 aromatic heterocycles. The van der Waals surface area contributed by atoms with Crippen molar-refractivity contribution in [2.24, 2.45) is 0 Å². The van der Waals surface area contributed by atoms with E-state index in [9.17, 15) is 43.3 Å². The first kappa shape index (κ1) is 57.8. The van der Waals surface area contributed by atoms with Gasteiger partial charge in [0.15, 0.2) is 6.29 Å². The predicted molar refractivity (Wildman–Crippen MR) is 247 cm³/mol. The number of carbonyl (C=O) groups excluding carboxylic acids is 1. The number of nitrogens with one attached hydrogen (secondary N) is 1. The largest absolute Gasteiger partial charge is 0.397 e. The minimum absolute atomic E-state index is 0.219. The van der Waals surface area contributed by atoms with Gasteiger partial charge in [0.2, 0.25) is 5.91 Å². The molecule has 1 aliphatic heterocycles. The highest BCUT2D eigenvalue weighted by molar-refractivity contribution is 7.80. The molecule has 0 bridgehead atoms. The van der Waals surface area contributed by atoms with E-state index >= 15 is 0 Å². The van der Waals surface area contributed by atoms with Crippen molar-refractivity contribution in [2.45, 2.75) is 223 Å². The van der Waals surface area contributed by atoms with Crippen LogP contribution in [0.2, 0.25) is 0 Å². The van der Waals surface area contributed by atoms with Crippen molar-refractivity contribution in [1.29, 1.82) is 0 Å². The van der Waals surface area contributed by atoms with Crippen LogP contribution < -0.4 is 5.32 Å². The molecule has 0 saturated carbocycles. The minimum Gasteiger partial charge on any atom is -0.394 e. The van der Waals surface area contributed by atoms with Gasteiger partial charge in [0, 0.05) is 0 Å². The molecule has 1 amide bonds. The topological polar surface area (TPSA) is 212 Å². The third kappa shape index (κ3) is 30.0. The summed E-state index contributed by atoms with van der Waals surface area (Å²) in [7, 11) is -5.13. The van der Waals surface area contributed by atoms with Crippen molar-refractivity contribution in [1.82, 2.24) is 5.32 Å². The van der Waals surface area contributed by atoms with Gasteiger partial charge < -0.3 is 40.3 Å². The SMILES string of the molecule is CCCCC/C=C\C/C=C\CCCCCCCCC(O)C(=O)NC(COC1OC(CO)C(O)C(OS(=O)(=O)O)C1O)C(O)/C=C/CC/C=C/CC/C=C/CCCCCCCCC. The van der Waals surface area contributed by atoms with Gasteiger partial charge in [0.1, 0.15) is 30.5 Å². The van der Waals surface area contributed by atoms with Gasteiger partial charge in [-0.1, -0.05) is 158 Å². The Morgan fingerprint density at radius 3 is 1.68 bits per heavy atom. The van der Waals surface area contributed by atoms with Crippen LogP contribution in [0.5, 0.6) is 0 Å². The summed E-state index contributed by atoms with van der Waals surface area (Å²) in [5, 5.41) is 55.2. The molecule has 360 valence electrons. The van der Waals surface area contributed by atoms with Gasteiger partial charge in [0.25, 0.3) is 0 Å². The highest BCUT2D eigenvalue weighted by atomic mass is 32.3. The normalized spacial score (nSPS) is 21.6. The molecule has 7 N–H and O–H groups in total. The minimum atomic E-state index is -5.13. The average Bonchev–Trinajstić information content (AvgIpc) is 3.24. The number of unbranched alkanes of at least 4 members (excludes halogenated alkanes) is 18. The van der Waals surface area contributed by atoms with E-state index in [1.807, 2.05) is 0 Å². The van der Waals surface area contributed by atoms with Crippen LogP contribution in [0.25, 0.3) is 0 Å². The lowest BCUT2D eigenvalue weighted by Crippen LogP contribution is -2.61. The van der Waals surface area contributed by atoms with Crippen molar-refractivity contribution in [3.63, 3.8) is 0 Å². The van der Waals surface area contributed by atoms with E-state index in [0.717, 1.165) is 77.0 Å². The zero-order chi connectivity index (χ0) is 45.7. The fraction of sp³-hybridized carbons (Fsp3) is 0.771. The molecule has 0 aromatic carbocycles. The Morgan fingerprint density at radius 2 is 1.13 bits per heavy atom. The molecular formula is C48H85NO12S. The second kappa shape index (κ2) is 38.1. The first-order valence-corrected chi connectivity index (χ1v) is 25.1. The van der Waals surface area contributed by atoms with Gasteiger partial charge in [-0.3, -0.25) is 9.35 Å². The number of ether oxygens (including phenoxy) is 2. The van der Waals surface area contributed by atoms with E-state index in [-0.39, 0.29) is 6.42 Å². The maximum Gasteiger partial charge on any atom is 0.397 e. The highest BCUT2D eigenvalue weighted by Crippen LogP contribution is 2.26. The molecule has 1 rings (SSSR count). The van der Waals surface area contributed by atoms with Crippen molar-refractivity contribution in [3.05, 3.63) is 60.8 Å². The predicted octanol–water partition coefficient (Wildman–Crippen LogP) is 8.41. The lowest BCUT2D eigenvalue weighted by Gasteiger charge is -2.41. The van der Waals surface area contributed by atoms with Gasteiger partial charge in [-0.2, -0.15) is 8.42 Å². The van der Waals surface area contributed by atoms with Crippen molar-refractivity contribution in [2.75, 3.05) is 13.2 Å². The number of hydrogen-bond donors (Lipinski definition) is 7. The number of aliphatic hydroxyl groups is 5. The summed E-state index contributed by atoms with van der Waals surface area (Å²) >= 11 is 0. The van der Waals surface area contributed by atoms with Crippen LogP contribution in [0.1, 0.15) is 174 Å². The zero-order valence-corrected chi connectivity index (χ0v) is 38.8. The zero-order valence-electron chi connectivity index (χ0n) is 38.0. The van der Waals surface area contributed by atoms with Crippen molar-refractivity contribution in [3.8, 4) is 0 Å². The van der Waals surface area contributed by atoms with E-state index in [1.54, 1.807) is 6.08 Å². The van der Waals surface area contributed by atoms with Crippen molar-refractivity contribution >= 4 is 16.3 Å². The molecule has 1 saturated heterocycles. The van der Waals surface area contributed by atoms with Crippen LogP contribution in [0.4, 0.5) is 0 Å². The quantitative estimate of drug-likeness (QED) is 0.0176. The first-order chi connectivity index (χ1) is 29.9. The molecule has 13 nitrogen and oxygen atoms in total. The molecule has 62 heavy (non-hydrogen) atoms. The summed E-state index contributed by atoms with van der Waals surface area (Å²) in [6, 6.07) is -1.15. The molecule has 8 unspecified atom stereocenters. The summed E-state index contributed by atoms with van der Waals surface area (Å²) in [6.45, 7) is 3.15. The molecule has 8 atom stereocenters. The van der Waals surface area contributed by atoms with E-state index in [0.29, 0.717) is 12.8 Å². The Kier molecular flexibility index (Phi) is 35.5. The molecule has 0 spiro atoms. The number of allylic oxidation sites excluding steroid dienone is 9. The second-order valence-corrected chi connectivity index (χ2v) is 17.5. The molecule has 0 aromatic rings. The number of amides is 1. The summed E-state index contributed by atoms with van der Waals surface area (Å²) in [5.41, 5.74) is 0. The van der Waals surface area contributed by atoms with Gasteiger partial charge in [0.05, 0.1) is 25.4 Å². The van der Waals surface area contributed by atoms with Crippen LogP contribution in [0.3, 0.4) is 0 Å². The smallest absolute Gasteiger partial charge is 0.394 e. The third-order valence-electron chi connectivity index (χ3n) is 10.9. The molecule has 1 fully saturated rings. The first-order valence-electron chi connectivity index (χ1n) is 23.8. The molecule has 0 radical (unpaired) electrons. The fourth-order valence-electron chi connectivity index (χ4n) is 7.05. The maximum atomic E-state index is 13.1. The maximum absolute atomic E-state index is 13.1. The van der Waals surface area contributed by atoms with Crippen LogP contribution in [0.15, 0.2) is 60.8 Å². The summed E-state index contributed by atoms with van der Waals surface area (Å²) < 4.78 is 47.5. The van der Waals surface area contributed by atoms with Gasteiger partial charge in [-0.25, -0.2) is 4.18 Å². The Bertz CT molecular complexity index is 1350. The third-order valence-corrected chi connectivity index (χ3v) is 11.3. The molecular weight excluding hydrogens is 815 g/mol. The Hall–Kier alpha value is -2.24. The van der Waals surface area contributed by atoms with Crippen LogP contribution >= 0.6 is 0 Å². The van der Waals surface area contributed by atoms with E-state index < -0.39 is 78.5 Å². The van der Waals surface area contributed by atoms with Crippen LogP contribution in [0, 0.1) is 0 Å². The molecule has 14 heteroatoms. The van der Waals surface area contributed by atoms with Gasteiger partial charge in [-0.15, -0.1) is 0 Å². The van der Waals surface area contributed by atoms with Gasteiger partial charge >= 0.3 is 10.4 Å². The van der Waals surface area contributed by atoms with E-state index in [1.165, 1.54) is 70.3 Å². The lowest BCUT2D eigenvalue weighted by atomic mass is 9.99. The van der Waals surface area contributed by atoms with Crippen molar-refractivity contribution < 1.29 is 57.0 Å². The molecule has 1 aliphatic rings. The lowest BCUT2D eigenvalue weighted by molar-refractivity contribution is -0.298. The fourth-order valence-corrected chi connectivity index (χ4v) is 7.56.